The Bertz CT molecular complexity index is 704. The van der Waals surface area contributed by atoms with Crippen molar-refractivity contribution in [3.8, 4) is 17.4 Å². The van der Waals surface area contributed by atoms with Crippen LogP contribution in [0.5, 0.6) is 17.4 Å². The van der Waals surface area contributed by atoms with Crippen LogP contribution in [-0.2, 0) is 21.3 Å². The number of ether oxygens (including phenoxy) is 4. The lowest BCUT2D eigenvalue weighted by Gasteiger charge is -2.10. The average Bonchev–Trinajstić information content (AvgIpc) is 2.89. The number of nitrogens with zero attached hydrogens (tertiary/aromatic N) is 2. The van der Waals surface area contributed by atoms with Gasteiger partial charge in [0, 0.05) is 7.05 Å². The molecule has 1 heterocycles. The van der Waals surface area contributed by atoms with E-state index in [2.05, 4.69) is 9.84 Å². The zero-order valence-corrected chi connectivity index (χ0v) is 13.4. The molecule has 0 fully saturated rings. The van der Waals surface area contributed by atoms with E-state index in [-0.39, 0.29) is 11.6 Å². The van der Waals surface area contributed by atoms with Crippen molar-refractivity contribution in [1.82, 2.24) is 9.78 Å². The second kappa shape index (κ2) is 7.35. The summed E-state index contributed by atoms with van der Waals surface area (Å²) in [6.07, 6.45) is 2.64. The van der Waals surface area contributed by atoms with Crippen LogP contribution in [0.15, 0.2) is 42.5 Å². The molecule has 0 aliphatic rings. The van der Waals surface area contributed by atoms with E-state index in [9.17, 15) is 4.79 Å². The van der Waals surface area contributed by atoms with Crippen molar-refractivity contribution in [2.24, 2.45) is 7.05 Å². The van der Waals surface area contributed by atoms with Gasteiger partial charge >= 0.3 is 5.97 Å². The molecule has 0 aliphatic heterocycles. The van der Waals surface area contributed by atoms with Crippen molar-refractivity contribution in [3.05, 3.63) is 48.0 Å². The van der Waals surface area contributed by atoms with Crippen molar-refractivity contribution in [3.63, 3.8) is 0 Å². The van der Waals surface area contributed by atoms with E-state index < -0.39 is 5.97 Å². The first-order valence-electron chi connectivity index (χ1n) is 6.80. The summed E-state index contributed by atoms with van der Waals surface area (Å²) in [5.41, 5.74) is 1.12. The molecule has 1 aromatic heterocycles. The topological polar surface area (TPSA) is 71.8 Å². The summed E-state index contributed by atoms with van der Waals surface area (Å²) in [5, 5.41) is 4.08. The summed E-state index contributed by atoms with van der Waals surface area (Å²) in [6, 6.07) is 7.52. The van der Waals surface area contributed by atoms with Gasteiger partial charge < -0.3 is 18.9 Å². The van der Waals surface area contributed by atoms with Crippen LogP contribution in [0.3, 0.4) is 0 Å². The third-order valence-corrected chi connectivity index (χ3v) is 2.92. The maximum Gasteiger partial charge on any atom is 0.377 e. The van der Waals surface area contributed by atoms with Crippen molar-refractivity contribution in [2.75, 3.05) is 14.2 Å². The summed E-state index contributed by atoms with van der Waals surface area (Å²) in [6.45, 7) is 1.99. The van der Waals surface area contributed by atoms with Crippen LogP contribution in [0.2, 0.25) is 0 Å². The van der Waals surface area contributed by atoms with Crippen LogP contribution >= 0.6 is 0 Å². The molecule has 0 unspecified atom stereocenters. The Morgan fingerprint density at radius 1 is 1.22 bits per heavy atom. The highest BCUT2D eigenvalue weighted by atomic mass is 16.6. The third-order valence-electron chi connectivity index (χ3n) is 2.92. The van der Waals surface area contributed by atoms with Crippen LogP contribution in [0.1, 0.15) is 5.56 Å². The molecule has 0 saturated heterocycles. The summed E-state index contributed by atoms with van der Waals surface area (Å²) >= 11 is 0. The average molecular weight is 318 g/mol. The van der Waals surface area contributed by atoms with Gasteiger partial charge in [-0.2, -0.15) is 5.10 Å². The van der Waals surface area contributed by atoms with Gasteiger partial charge in [-0.15, -0.1) is 0 Å². The molecule has 2 aromatic rings. The molecule has 0 N–H and O–H groups in total. The Hall–Kier alpha value is -2.96. The number of aryl methyl sites for hydroxylation is 2. The molecule has 0 spiro atoms. The molecule has 0 amide bonds. The first kappa shape index (κ1) is 16.4. The number of benzene rings is 1. The van der Waals surface area contributed by atoms with Crippen LogP contribution < -0.4 is 9.47 Å². The van der Waals surface area contributed by atoms with Gasteiger partial charge in [0.1, 0.15) is 12.0 Å². The molecule has 0 atom stereocenters. The number of hydrogen-bond donors (Lipinski definition) is 0. The Kier molecular flexibility index (Phi) is 5.24. The summed E-state index contributed by atoms with van der Waals surface area (Å²) < 4.78 is 22.2. The van der Waals surface area contributed by atoms with E-state index in [0.29, 0.717) is 11.5 Å². The number of rotatable bonds is 6. The van der Waals surface area contributed by atoms with Crippen LogP contribution in [0.25, 0.3) is 0 Å². The van der Waals surface area contributed by atoms with E-state index in [1.165, 1.54) is 25.1 Å². The summed E-state index contributed by atoms with van der Waals surface area (Å²) in [5.74, 6) is 0.451. The van der Waals surface area contributed by atoms with Gasteiger partial charge in [0.15, 0.2) is 0 Å². The summed E-state index contributed by atoms with van der Waals surface area (Å²) in [4.78, 5) is 11.7. The normalized spacial score (nSPS) is 11.0. The fourth-order valence-electron chi connectivity index (χ4n) is 1.75. The molecule has 1 aromatic carbocycles. The van der Waals surface area contributed by atoms with Crippen molar-refractivity contribution >= 4 is 5.97 Å². The van der Waals surface area contributed by atoms with E-state index in [1.807, 2.05) is 31.2 Å². The minimum absolute atomic E-state index is 0.118. The number of carbonyl (C=O) groups is 1. The molecule has 2 rings (SSSR count). The molecule has 7 nitrogen and oxygen atoms in total. The van der Waals surface area contributed by atoms with Gasteiger partial charge in [0.2, 0.25) is 11.5 Å². The zero-order chi connectivity index (χ0) is 16.8. The van der Waals surface area contributed by atoms with Gasteiger partial charge in [0.25, 0.3) is 5.88 Å². The van der Waals surface area contributed by atoms with Crippen molar-refractivity contribution in [2.45, 2.75) is 6.92 Å². The second-order valence-corrected chi connectivity index (χ2v) is 4.66. The number of esters is 1. The lowest BCUT2D eigenvalue weighted by atomic mass is 10.2. The largest absolute Gasteiger partial charge is 0.500 e. The molecule has 0 saturated carbocycles. The fourth-order valence-corrected chi connectivity index (χ4v) is 1.75. The molecule has 122 valence electrons. The first-order valence-corrected chi connectivity index (χ1v) is 6.80. The number of carbonyl (C=O) groups excluding carboxylic acids is 1. The SMILES string of the molecule is COC=C(Oc1c(Oc2ccc(C)cc2)cnn1C)C(=O)OC. The predicted octanol–water partition coefficient (Wildman–Crippen LogP) is 2.56. The molecule has 23 heavy (non-hydrogen) atoms. The summed E-state index contributed by atoms with van der Waals surface area (Å²) in [7, 11) is 4.32. The van der Waals surface area contributed by atoms with Gasteiger partial charge in [0.05, 0.1) is 20.4 Å². The maximum absolute atomic E-state index is 11.7. The molecular formula is C16H18N2O5. The zero-order valence-electron chi connectivity index (χ0n) is 13.4. The molecular weight excluding hydrogens is 300 g/mol. The Morgan fingerprint density at radius 3 is 2.52 bits per heavy atom. The van der Waals surface area contributed by atoms with Crippen molar-refractivity contribution in [1.29, 1.82) is 0 Å². The molecule has 0 bridgehead atoms. The number of aromatic nitrogens is 2. The Morgan fingerprint density at radius 2 is 1.91 bits per heavy atom. The van der Waals surface area contributed by atoms with E-state index in [0.717, 1.165) is 11.8 Å². The minimum atomic E-state index is -0.672. The van der Waals surface area contributed by atoms with E-state index in [1.54, 1.807) is 7.05 Å². The predicted molar refractivity (Wildman–Crippen MR) is 82.2 cm³/mol. The second-order valence-electron chi connectivity index (χ2n) is 4.66. The van der Waals surface area contributed by atoms with E-state index in [4.69, 9.17) is 14.2 Å². The van der Waals surface area contributed by atoms with Gasteiger partial charge in [-0.25, -0.2) is 9.48 Å². The Balaban J connectivity index is 2.25. The number of methoxy groups -OCH3 is 2. The van der Waals surface area contributed by atoms with Gasteiger partial charge in [-0.1, -0.05) is 17.7 Å². The minimum Gasteiger partial charge on any atom is -0.500 e. The molecule has 0 radical (unpaired) electrons. The highest BCUT2D eigenvalue weighted by molar-refractivity contribution is 5.86. The molecule has 0 aliphatic carbocycles. The van der Waals surface area contributed by atoms with E-state index >= 15 is 0 Å². The smallest absolute Gasteiger partial charge is 0.377 e. The Labute approximate surface area is 134 Å². The van der Waals surface area contributed by atoms with Crippen LogP contribution in [0, 0.1) is 6.92 Å². The third kappa shape index (κ3) is 4.03. The van der Waals surface area contributed by atoms with Crippen molar-refractivity contribution < 1.29 is 23.7 Å². The fraction of sp³-hybridized carbons (Fsp3) is 0.250. The first-order chi connectivity index (χ1) is 11.0. The highest BCUT2D eigenvalue weighted by Gasteiger charge is 2.20. The molecule has 7 heteroatoms. The lowest BCUT2D eigenvalue weighted by Crippen LogP contribution is -2.13. The van der Waals surface area contributed by atoms with Crippen LogP contribution in [-0.4, -0.2) is 30.0 Å². The maximum atomic E-state index is 11.7. The van der Waals surface area contributed by atoms with Gasteiger partial charge in [-0.3, -0.25) is 0 Å². The lowest BCUT2D eigenvalue weighted by molar-refractivity contribution is -0.138. The standard InChI is InChI=1S/C16H18N2O5/c1-11-5-7-12(8-6-11)22-13-9-17-18(2)15(13)23-14(10-20-3)16(19)21-4/h5-10H,1-4H3. The highest BCUT2D eigenvalue weighted by Crippen LogP contribution is 2.32. The van der Waals surface area contributed by atoms with Gasteiger partial charge in [-0.05, 0) is 19.1 Å². The van der Waals surface area contributed by atoms with Crippen LogP contribution in [0.4, 0.5) is 0 Å². The monoisotopic (exact) mass is 318 g/mol. The number of hydrogen-bond acceptors (Lipinski definition) is 6. The quantitative estimate of drug-likeness (QED) is 0.463.